The molecule has 3 fully saturated rings. The molecule has 3 nitrogen and oxygen atoms in total. The van der Waals surface area contributed by atoms with Gasteiger partial charge in [0.1, 0.15) is 0 Å². The Hall–Kier alpha value is -1.16. The van der Waals surface area contributed by atoms with E-state index in [2.05, 4.69) is 20.8 Å². The molecule has 0 amide bonds. The number of ether oxygens (including phenoxy) is 1. The van der Waals surface area contributed by atoms with Crippen molar-refractivity contribution in [3.8, 4) is 0 Å². The third kappa shape index (κ3) is 2.81. The molecule has 4 aliphatic rings. The van der Waals surface area contributed by atoms with E-state index in [4.69, 9.17) is 4.74 Å². The van der Waals surface area contributed by atoms with Gasteiger partial charge in [0.15, 0.2) is 0 Å². The molecule has 0 bridgehead atoms. The van der Waals surface area contributed by atoms with Crippen molar-refractivity contribution < 1.29 is 19.0 Å². The number of aliphatic hydroxyl groups excluding tert-OH is 1. The van der Waals surface area contributed by atoms with Crippen LogP contribution in [0.15, 0.2) is 22.5 Å². The van der Waals surface area contributed by atoms with Gasteiger partial charge >= 0.3 is 5.97 Å². The van der Waals surface area contributed by atoms with Crippen LogP contribution in [0.5, 0.6) is 0 Å². The average Bonchev–Trinajstić information content (AvgIpc) is 3.00. The molecule has 6 atom stereocenters. The van der Waals surface area contributed by atoms with Crippen LogP contribution >= 0.6 is 0 Å². The van der Waals surface area contributed by atoms with Crippen molar-refractivity contribution in [2.45, 2.75) is 85.2 Å². The Morgan fingerprint density at radius 2 is 1.82 bits per heavy atom. The molecule has 0 saturated heterocycles. The third-order valence-electron chi connectivity index (χ3n) is 8.94. The molecule has 0 spiro atoms. The van der Waals surface area contributed by atoms with Gasteiger partial charge in [-0.1, -0.05) is 25.0 Å². The number of hydrogen-bond acceptors (Lipinski definition) is 3. The molecular formula is C24H35FO3. The second kappa shape index (κ2) is 6.97. The monoisotopic (exact) mass is 390 g/mol. The summed E-state index contributed by atoms with van der Waals surface area (Å²) < 4.78 is 19.9. The van der Waals surface area contributed by atoms with Gasteiger partial charge in [0.25, 0.3) is 0 Å². The maximum absolute atomic E-state index is 15.0. The lowest BCUT2D eigenvalue weighted by Gasteiger charge is -2.58. The van der Waals surface area contributed by atoms with Crippen LogP contribution in [0.2, 0.25) is 0 Å². The van der Waals surface area contributed by atoms with Crippen molar-refractivity contribution in [3.63, 3.8) is 0 Å². The zero-order valence-electron chi connectivity index (χ0n) is 17.8. The van der Waals surface area contributed by atoms with Crippen molar-refractivity contribution in [1.82, 2.24) is 0 Å². The summed E-state index contributed by atoms with van der Waals surface area (Å²) in [6, 6.07) is 0. The smallest absolute Gasteiger partial charge is 0.367 e. The molecule has 1 unspecified atom stereocenters. The Labute approximate surface area is 168 Å². The molecule has 1 N–H and O–H groups in total. The van der Waals surface area contributed by atoms with Crippen LogP contribution in [0, 0.1) is 28.6 Å². The summed E-state index contributed by atoms with van der Waals surface area (Å²) in [6.45, 7) is 8.79. The zero-order chi connectivity index (χ0) is 20.3. The molecule has 0 aliphatic heterocycles. The van der Waals surface area contributed by atoms with E-state index in [0.29, 0.717) is 29.7 Å². The van der Waals surface area contributed by atoms with Gasteiger partial charge in [-0.05, 0) is 99.4 Å². The molecule has 156 valence electrons. The van der Waals surface area contributed by atoms with Crippen LogP contribution in [0.1, 0.15) is 79.1 Å². The van der Waals surface area contributed by atoms with Crippen molar-refractivity contribution in [3.05, 3.63) is 22.5 Å². The lowest BCUT2D eigenvalue weighted by molar-refractivity contribution is -0.140. The van der Waals surface area contributed by atoms with E-state index in [1.165, 1.54) is 11.1 Å². The van der Waals surface area contributed by atoms with Gasteiger partial charge in [-0.2, -0.15) is 4.39 Å². The van der Waals surface area contributed by atoms with Crippen molar-refractivity contribution in [1.29, 1.82) is 0 Å². The molecular weight excluding hydrogens is 355 g/mol. The quantitative estimate of drug-likeness (QED) is 0.385. The first-order valence-corrected chi connectivity index (χ1v) is 11.2. The summed E-state index contributed by atoms with van der Waals surface area (Å²) in [6.07, 6.45) is 7.34. The summed E-state index contributed by atoms with van der Waals surface area (Å²) >= 11 is 0. The van der Waals surface area contributed by atoms with Crippen LogP contribution in [0.25, 0.3) is 0 Å². The second-order valence-electron chi connectivity index (χ2n) is 10.2. The van der Waals surface area contributed by atoms with Gasteiger partial charge in [-0.25, -0.2) is 4.79 Å². The molecule has 4 rings (SSSR count). The van der Waals surface area contributed by atoms with Crippen molar-refractivity contribution in [2.75, 3.05) is 6.61 Å². The van der Waals surface area contributed by atoms with Gasteiger partial charge < -0.3 is 9.84 Å². The highest BCUT2D eigenvalue weighted by atomic mass is 19.1. The fourth-order valence-electron chi connectivity index (χ4n) is 7.59. The standard InChI is InChI=1S/C24H35FO3/c1-5-28-22(27)21(25)19-7-6-17-16-12-14(2)20-13-15(26)8-10-24(20,4)18(16)9-11-23(17,19)3/h15-18,26H,5-13H2,1-4H3/t15?,16-,17-,18-,23-,24+/m0/s1. The highest BCUT2D eigenvalue weighted by Gasteiger charge is 2.58. The second-order valence-corrected chi connectivity index (χ2v) is 10.2. The molecule has 0 aromatic heterocycles. The summed E-state index contributed by atoms with van der Waals surface area (Å²) in [5.74, 6) is 0.191. The summed E-state index contributed by atoms with van der Waals surface area (Å²) in [4.78, 5) is 12.1. The Balaban J connectivity index is 1.68. The van der Waals surface area contributed by atoms with E-state index >= 15 is 0 Å². The number of aliphatic hydroxyl groups is 1. The first kappa shape index (κ1) is 20.1. The highest BCUT2D eigenvalue weighted by molar-refractivity contribution is 5.87. The molecule has 0 aromatic rings. The van der Waals surface area contributed by atoms with Crippen LogP contribution in [0.4, 0.5) is 4.39 Å². The van der Waals surface area contributed by atoms with Crippen LogP contribution in [-0.4, -0.2) is 23.8 Å². The number of hydrogen-bond donors (Lipinski definition) is 1. The predicted octanol–water partition coefficient (Wildman–Crippen LogP) is 5.49. The topological polar surface area (TPSA) is 46.5 Å². The largest absolute Gasteiger partial charge is 0.461 e. The first-order chi connectivity index (χ1) is 13.2. The number of esters is 1. The van der Waals surface area contributed by atoms with E-state index < -0.39 is 11.8 Å². The Morgan fingerprint density at radius 3 is 2.54 bits per heavy atom. The minimum atomic E-state index is -0.781. The minimum Gasteiger partial charge on any atom is -0.461 e. The lowest BCUT2D eigenvalue weighted by atomic mass is 9.46. The third-order valence-corrected chi connectivity index (χ3v) is 8.94. The molecule has 4 aliphatic carbocycles. The minimum absolute atomic E-state index is 0.180. The van der Waals surface area contributed by atoms with Gasteiger partial charge in [0.05, 0.1) is 12.7 Å². The molecule has 0 radical (unpaired) electrons. The SMILES string of the molecule is CCOC(=O)C(F)=C1CC[C@H]2[C@@H]3CC(C)=C4CC(O)CC[C@]4(C)[C@H]3CC[C@]12C. The van der Waals surface area contributed by atoms with E-state index in [1.54, 1.807) is 6.92 Å². The number of rotatable bonds is 2. The van der Waals surface area contributed by atoms with Crippen LogP contribution in [0.3, 0.4) is 0 Å². The molecule has 3 saturated carbocycles. The number of fused-ring (bicyclic) bond motifs is 5. The predicted molar refractivity (Wildman–Crippen MR) is 107 cm³/mol. The maximum atomic E-state index is 15.0. The number of carbonyl (C=O) groups is 1. The summed E-state index contributed by atoms with van der Waals surface area (Å²) in [5.41, 5.74) is 3.63. The summed E-state index contributed by atoms with van der Waals surface area (Å²) in [5, 5.41) is 10.2. The van der Waals surface area contributed by atoms with Gasteiger partial charge in [-0.3, -0.25) is 0 Å². The first-order valence-electron chi connectivity index (χ1n) is 11.2. The van der Waals surface area contributed by atoms with Crippen LogP contribution < -0.4 is 0 Å². The van der Waals surface area contributed by atoms with E-state index in [9.17, 15) is 14.3 Å². The van der Waals surface area contributed by atoms with E-state index in [-0.39, 0.29) is 23.5 Å². The highest BCUT2D eigenvalue weighted by Crippen LogP contribution is 2.67. The van der Waals surface area contributed by atoms with Crippen LogP contribution in [-0.2, 0) is 9.53 Å². The lowest BCUT2D eigenvalue weighted by Crippen LogP contribution is -2.50. The Bertz CT molecular complexity index is 738. The normalized spacial score (nSPS) is 44.5. The van der Waals surface area contributed by atoms with Gasteiger partial charge in [-0.15, -0.1) is 0 Å². The average molecular weight is 391 g/mol. The molecule has 4 heteroatoms. The Kier molecular flexibility index (Phi) is 5.01. The van der Waals surface area contributed by atoms with E-state index in [0.717, 1.165) is 44.9 Å². The number of allylic oxidation sites excluding steroid dienone is 2. The molecule has 28 heavy (non-hydrogen) atoms. The van der Waals surface area contributed by atoms with Gasteiger partial charge in [0.2, 0.25) is 5.83 Å². The maximum Gasteiger partial charge on any atom is 0.367 e. The molecule has 0 heterocycles. The van der Waals surface area contributed by atoms with E-state index in [1.807, 2.05) is 0 Å². The number of halogens is 1. The Morgan fingerprint density at radius 1 is 1.14 bits per heavy atom. The fraction of sp³-hybridized carbons (Fsp3) is 0.792. The summed E-state index contributed by atoms with van der Waals surface area (Å²) in [7, 11) is 0. The number of carbonyl (C=O) groups excluding carboxylic acids is 1. The fourth-order valence-corrected chi connectivity index (χ4v) is 7.59. The van der Waals surface area contributed by atoms with Crippen molar-refractivity contribution in [2.24, 2.45) is 28.6 Å². The molecule has 0 aromatic carbocycles. The van der Waals surface area contributed by atoms with Crippen molar-refractivity contribution >= 4 is 5.97 Å². The zero-order valence-corrected chi connectivity index (χ0v) is 17.8. The van der Waals surface area contributed by atoms with Gasteiger partial charge in [0, 0.05) is 0 Å².